The van der Waals surface area contributed by atoms with Gasteiger partial charge < -0.3 is 14.9 Å². The van der Waals surface area contributed by atoms with Crippen LogP contribution in [-0.2, 0) is 9.53 Å². The Bertz CT molecular complexity index is 622. The van der Waals surface area contributed by atoms with E-state index in [4.69, 9.17) is 4.74 Å². The molecule has 27 heavy (non-hydrogen) atoms. The fourth-order valence-corrected chi connectivity index (χ4v) is 5.40. The number of hydrogen-bond acceptors (Lipinski definition) is 5. The first-order valence-corrected chi connectivity index (χ1v) is 10.3. The average Bonchev–Trinajstić information content (AvgIpc) is 3.17. The lowest BCUT2D eigenvalue weighted by Crippen LogP contribution is -2.51. The van der Waals surface area contributed by atoms with Gasteiger partial charge in [0, 0.05) is 24.4 Å². The van der Waals surface area contributed by atoms with Crippen LogP contribution in [0.3, 0.4) is 0 Å². The second-order valence-corrected chi connectivity index (χ2v) is 8.40. The molecule has 1 saturated carbocycles. The van der Waals surface area contributed by atoms with Gasteiger partial charge in [0.1, 0.15) is 6.04 Å². The van der Waals surface area contributed by atoms with Crippen LogP contribution in [0.2, 0.25) is 0 Å². The molecule has 5 nitrogen and oxygen atoms in total. The molecule has 5 heteroatoms. The molecule has 0 aromatic rings. The number of esters is 1. The molecule has 3 aliphatic rings. The van der Waals surface area contributed by atoms with Crippen molar-refractivity contribution in [2.24, 2.45) is 17.8 Å². The molecule has 0 radical (unpaired) electrons. The fourth-order valence-electron chi connectivity index (χ4n) is 5.40. The van der Waals surface area contributed by atoms with E-state index in [0.717, 1.165) is 25.7 Å². The molecule has 4 unspecified atom stereocenters. The first-order chi connectivity index (χ1) is 13.0. The first kappa shape index (κ1) is 20.4. The molecule has 0 spiro atoms. The molecule has 0 bridgehead atoms. The number of fused-ring (bicyclic) bond motifs is 3. The van der Waals surface area contributed by atoms with Crippen LogP contribution in [0.15, 0.2) is 12.2 Å². The maximum atomic E-state index is 12.3. The Hall–Kier alpha value is -1.35. The molecule has 2 heterocycles. The second-order valence-electron chi connectivity index (χ2n) is 8.40. The summed E-state index contributed by atoms with van der Waals surface area (Å²) >= 11 is 0. The molecule has 0 aromatic carbocycles. The molecule has 2 aliphatic heterocycles. The minimum atomic E-state index is -0.552. The predicted octanol–water partition coefficient (Wildman–Crippen LogP) is 2.12. The molecule has 2 N–H and O–H groups in total. The zero-order valence-electron chi connectivity index (χ0n) is 16.7. The van der Waals surface area contributed by atoms with Crippen LogP contribution >= 0.6 is 0 Å². The summed E-state index contributed by atoms with van der Waals surface area (Å²) in [5.74, 6) is 6.18. The van der Waals surface area contributed by atoms with Crippen LogP contribution in [0, 0.1) is 29.6 Å². The van der Waals surface area contributed by atoms with E-state index in [1.165, 1.54) is 7.11 Å². The van der Waals surface area contributed by atoms with Crippen LogP contribution in [0.5, 0.6) is 0 Å². The molecule has 8 atom stereocenters. The lowest BCUT2D eigenvalue weighted by Gasteiger charge is -2.39. The van der Waals surface area contributed by atoms with Crippen LogP contribution in [0.1, 0.15) is 52.4 Å². The number of methoxy groups -OCH3 is 1. The Morgan fingerprint density at radius 2 is 2.15 bits per heavy atom. The van der Waals surface area contributed by atoms with E-state index in [0.29, 0.717) is 24.8 Å². The number of ether oxygens (including phenoxy) is 1. The Kier molecular flexibility index (Phi) is 6.62. The predicted molar refractivity (Wildman–Crippen MR) is 104 cm³/mol. The van der Waals surface area contributed by atoms with Crippen molar-refractivity contribution in [1.82, 2.24) is 4.90 Å². The first-order valence-electron chi connectivity index (χ1n) is 10.3. The summed E-state index contributed by atoms with van der Waals surface area (Å²) in [6.07, 6.45) is 8.26. The molecule has 2 saturated heterocycles. The quantitative estimate of drug-likeness (QED) is 0.438. The van der Waals surface area contributed by atoms with E-state index in [-0.39, 0.29) is 29.9 Å². The molecule has 0 aromatic heterocycles. The minimum Gasteiger partial charge on any atom is -0.468 e. The summed E-state index contributed by atoms with van der Waals surface area (Å²) < 4.78 is 5.04. The van der Waals surface area contributed by atoms with Crippen LogP contribution in [0.4, 0.5) is 0 Å². The van der Waals surface area contributed by atoms with Crippen molar-refractivity contribution >= 4 is 5.97 Å². The fraction of sp³-hybridized carbons (Fsp3) is 0.773. The van der Waals surface area contributed by atoms with E-state index < -0.39 is 12.2 Å². The van der Waals surface area contributed by atoms with Crippen molar-refractivity contribution in [3.05, 3.63) is 12.2 Å². The van der Waals surface area contributed by atoms with Gasteiger partial charge in [0.25, 0.3) is 0 Å². The van der Waals surface area contributed by atoms with Gasteiger partial charge in [-0.2, -0.15) is 0 Å². The van der Waals surface area contributed by atoms with Crippen molar-refractivity contribution < 1.29 is 19.7 Å². The molecular weight excluding hydrogens is 342 g/mol. The van der Waals surface area contributed by atoms with E-state index >= 15 is 0 Å². The standard InChI is InChI=1S/C22H33NO4/c1-4-5-7-14(2)20(24)11-10-16-17-12-15-8-6-9-18(22(26)27-3)23(15)19(17)13-21(16)25/h10-11,14-21,24-25H,6-9,12-13H2,1-3H3/b11-10+/t14?,15?,16-,17-,18?,19?,20-,21-/m1/s1. The third-order valence-electron chi connectivity index (χ3n) is 6.83. The Labute approximate surface area is 162 Å². The number of aliphatic hydroxyl groups is 2. The highest BCUT2D eigenvalue weighted by Gasteiger charge is 2.55. The number of aliphatic hydroxyl groups excluding tert-OH is 2. The molecular formula is C22H33NO4. The minimum absolute atomic E-state index is 0.0398. The summed E-state index contributed by atoms with van der Waals surface area (Å²) in [4.78, 5) is 14.6. The molecule has 3 fully saturated rings. The van der Waals surface area contributed by atoms with Gasteiger partial charge in [0.15, 0.2) is 0 Å². The van der Waals surface area contributed by atoms with Gasteiger partial charge in [0.05, 0.1) is 19.3 Å². The van der Waals surface area contributed by atoms with Crippen LogP contribution in [0.25, 0.3) is 0 Å². The Balaban J connectivity index is 1.70. The summed E-state index contributed by atoms with van der Waals surface area (Å²) in [7, 11) is 1.46. The highest BCUT2D eigenvalue weighted by Crippen LogP contribution is 2.49. The molecule has 1 aliphatic carbocycles. The van der Waals surface area contributed by atoms with Crippen LogP contribution < -0.4 is 0 Å². The van der Waals surface area contributed by atoms with Crippen molar-refractivity contribution in [1.29, 1.82) is 0 Å². The monoisotopic (exact) mass is 375 g/mol. The van der Waals surface area contributed by atoms with E-state index in [1.54, 1.807) is 6.92 Å². The largest absolute Gasteiger partial charge is 0.468 e. The molecule has 150 valence electrons. The van der Waals surface area contributed by atoms with Crippen molar-refractivity contribution in [2.45, 2.75) is 82.7 Å². The molecule has 3 rings (SSSR count). The van der Waals surface area contributed by atoms with Gasteiger partial charge in [-0.15, -0.1) is 11.8 Å². The SMILES string of the molecule is CC#CCC(C)[C@H](O)/C=C/[C@H]1[C@H](O)CC2[C@@H]1CC1CCCC(C(=O)OC)N12. The highest BCUT2D eigenvalue weighted by molar-refractivity contribution is 5.76. The topological polar surface area (TPSA) is 70.0 Å². The summed E-state index contributed by atoms with van der Waals surface area (Å²) in [6.45, 7) is 3.80. The number of carbonyl (C=O) groups is 1. The van der Waals surface area contributed by atoms with E-state index in [2.05, 4.69) is 16.7 Å². The number of carbonyl (C=O) groups excluding carboxylic acids is 1. The van der Waals surface area contributed by atoms with E-state index in [9.17, 15) is 15.0 Å². The third-order valence-corrected chi connectivity index (χ3v) is 6.83. The molecule has 0 amide bonds. The van der Waals surface area contributed by atoms with Crippen molar-refractivity contribution in [2.75, 3.05) is 7.11 Å². The van der Waals surface area contributed by atoms with E-state index in [1.807, 2.05) is 19.1 Å². The Morgan fingerprint density at radius 3 is 2.85 bits per heavy atom. The zero-order valence-corrected chi connectivity index (χ0v) is 16.7. The van der Waals surface area contributed by atoms with Crippen molar-refractivity contribution in [3.8, 4) is 11.8 Å². The number of nitrogens with zero attached hydrogens (tertiary/aromatic N) is 1. The van der Waals surface area contributed by atoms with Gasteiger partial charge in [0.2, 0.25) is 0 Å². The van der Waals surface area contributed by atoms with Crippen LogP contribution in [-0.4, -0.2) is 58.5 Å². The highest BCUT2D eigenvalue weighted by atomic mass is 16.5. The lowest BCUT2D eigenvalue weighted by atomic mass is 9.88. The smallest absolute Gasteiger partial charge is 0.323 e. The maximum absolute atomic E-state index is 12.3. The van der Waals surface area contributed by atoms with Gasteiger partial charge in [-0.25, -0.2) is 0 Å². The number of hydrogen-bond donors (Lipinski definition) is 2. The van der Waals surface area contributed by atoms with Gasteiger partial charge >= 0.3 is 5.97 Å². The second kappa shape index (κ2) is 8.77. The lowest BCUT2D eigenvalue weighted by molar-refractivity contribution is -0.150. The van der Waals surface area contributed by atoms with Gasteiger partial charge in [-0.3, -0.25) is 9.69 Å². The number of rotatable bonds is 5. The average molecular weight is 376 g/mol. The van der Waals surface area contributed by atoms with Gasteiger partial charge in [-0.05, 0) is 50.9 Å². The van der Waals surface area contributed by atoms with Crippen molar-refractivity contribution in [3.63, 3.8) is 0 Å². The Morgan fingerprint density at radius 1 is 1.37 bits per heavy atom. The normalized spacial score (nSPS) is 38.0. The summed E-state index contributed by atoms with van der Waals surface area (Å²) in [5.41, 5.74) is 0. The number of piperidine rings is 1. The maximum Gasteiger partial charge on any atom is 0.323 e. The third kappa shape index (κ3) is 4.08. The zero-order chi connectivity index (χ0) is 19.6. The summed E-state index contributed by atoms with van der Waals surface area (Å²) in [5, 5.41) is 21.0. The summed E-state index contributed by atoms with van der Waals surface area (Å²) in [6, 6.07) is 0.464. The van der Waals surface area contributed by atoms with Gasteiger partial charge in [-0.1, -0.05) is 19.1 Å².